The maximum Gasteiger partial charge on any atom is 0.227 e. The van der Waals surface area contributed by atoms with Crippen molar-refractivity contribution in [2.45, 2.75) is 27.3 Å². The number of hydrogen-bond donors (Lipinski definition) is 2. The lowest BCUT2D eigenvalue weighted by Crippen LogP contribution is -2.48. The molecule has 0 atom stereocenters. The average Bonchev–Trinajstić information content (AvgIpc) is 2.62. The van der Waals surface area contributed by atoms with Gasteiger partial charge < -0.3 is 25.0 Å². The van der Waals surface area contributed by atoms with E-state index < -0.39 is 5.41 Å². The third kappa shape index (κ3) is 5.82. The number of hydrogen-bond acceptors (Lipinski definition) is 4. The van der Waals surface area contributed by atoms with Crippen LogP contribution in [0.5, 0.6) is 11.5 Å². The van der Waals surface area contributed by atoms with Gasteiger partial charge in [0.05, 0.1) is 19.6 Å². The van der Waals surface area contributed by atoms with Crippen molar-refractivity contribution in [3.8, 4) is 11.5 Å². The van der Waals surface area contributed by atoms with E-state index in [2.05, 4.69) is 15.6 Å². The molecule has 1 aromatic rings. The molecule has 2 N–H and O–H groups in total. The number of guanidine groups is 1. The van der Waals surface area contributed by atoms with Crippen LogP contribution in [0.3, 0.4) is 0 Å². The van der Waals surface area contributed by atoms with Crippen LogP contribution in [0, 0.1) is 5.41 Å². The van der Waals surface area contributed by atoms with Crippen LogP contribution in [0.15, 0.2) is 23.2 Å². The van der Waals surface area contributed by atoms with Gasteiger partial charge in [-0.15, -0.1) is 0 Å². The first-order valence-electron chi connectivity index (χ1n) is 8.70. The van der Waals surface area contributed by atoms with Gasteiger partial charge in [0, 0.05) is 45.4 Å². The van der Waals surface area contributed by atoms with Crippen LogP contribution in [0.25, 0.3) is 0 Å². The molecule has 0 bridgehead atoms. The number of ether oxygens (including phenoxy) is 2. The van der Waals surface area contributed by atoms with Crippen molar-refractivity contribution in [2.75, 3.05) is 41.4 Å². The number of nitrogens with one attached hydrogen (secondary N) is 2. The fourth-order valence-electron chi connectivity index (χ4n) is 2.48. The Morgan fingerprint density at radius 1 is 1.23 bits per heavy atom. The number of benzene rings is 1. The minimum atomic E-state index is -0.537. The summed E-state index contributed by atoms with van der Waals surface area (Å²) in [4.78, 5) is 18.4. The van der Waals surface area contributed by atoms with Crippen LogP contribution in [0.2, 0.25) is 0 Å². The summed E-state index contributed by atoms with van der Waals surface area (Å²) in [5.41, 5.74) is 0.478. The van der Waals surface area contributed by atoms with E-state index in [4.69, 9.17) is 9.47 Å². The summed E-state index contributed by atoms with van der Waals surface area (Å²) in [6.07, 6.45) is 0. The Morgan fingerprint density at radius 3 is 2.46 bits per heavy atom. The molecule has 0 aliphatic carbocycles. The van der Waals surface area contributed by atoms with Gasteiger partial charge in [-0.1, -0.05) is 0 Å². The molecule has 0 saturated heterocycles. The van der Waals surface area contributed by atoms with Gasteiger partial charge >= 0.3 is 0 Å². The zero-order valence-electron chi connectivity index (χ0n) is 17.0. The first-order valence-corrected chi connectivity index (χ1v) is 8.70. The molecule has 0 aliphatic heterocycles. The van der Waals surface area contributed by atoms with Crippen molar-refractivity contribution in [3.05, 3.63) is 23.8 Å². The molecular weight excluding hydrogens is 332 g/mol. The summed E-state index contributed by atoms with van der Waals surface area (Å²) in [6.45, 7) is 7.43. The minimum Gasteiger partial charge on any atom is -0.497 e. The maximum absolute atomic E-state index is 12.1. The van der Waals surface area contributed by atoms with Crippen LogP contribution < -0.4 is 20.1 Å². The summed E-state index contributed by atoms with van der Waals surface area (Å²) in [7, 11) is 6.93. The first-order chi connectivity index (χ1) is 12.3. The molecule has 146 valence electrons. The van der Waals surface area contributed by atoms with Crippen molar-refractivity contribution in [2.24, 2.45) is 10.4 Å². The number of methoxy groups -OCH3 is 2. The lowest BCUT2D eigenvalue weighted by molar-refractivity contribution is -0.128. The average molecular weight is 364 g/mol. The number of rotatable bonds is 8. The number of carbonyl (C=O) groups is 1. The molecule has 0 unspecified atom stereocenters. The summed E-state index contributed by atoms with van der Waals surface area (Å²) in [5.74, 6) is 2.23. The van der Waals surface area contributed by atoms with Crippen molar-refractivity contribution >= 4 is 11.9 Å². The standard InChI is InChI=1S/C19H32N4O3/c1-8-21-17(24)19(2,3)13-22-18(20-4)23(5)12-14-9-10-15(25-6)11-16(14)26-7/h9-11H,8,12-13H2,1-7H3,(H,20,22)(H,21,24). The SMILES string of the molecule is CCNC(=O)C(C)(C)CNC(=NC)N(C)Cc1ccc(OC)cc1OC. The second-order valence-electron chi connectivity index (χ2n) is 6.68. The zero-order chi connectivity index (χ0) is 19.7. The van der Waals surface area contributed by atoms with Gasteiger partial charge in [0.15, 0.2) is 5.96 Å². The molecule has 0 aromatic heterocycles. The van der Waals surface area contributed by atoms with E-state index in [0.717, 1.165) is 17.1 Å². The van der Waals surface area contributed by atoms with Gasteiger partial charge in [-0.25, -0.2) is 0 Å². The van der Waals surface area contributed by atoms with Gasteiger partial charge in [-0.05, 0) is 32.9 Å². The molecule has 0 heterocycles. The number of amides is 1. The summed E-state index contributed by atoms with van der Waals surface area (Å²) in [5, 5.41) is 6.14. The highest BCUT2D eigenvalue weighted by atomic mass is 16.5. The van der Waals surface area contributed by atoms with Gasteiger partial charge in [0.2, 0.25) is 5.91 Å². The third-order valence-corrected chi connectivity index (χ3v) is 4.12. The van der Waals surface area contributed by atoms with Crippen LogP contribution in [0.4, 0.5) is 0 Å². The van der Waals surface area contributed by atoms with Crippen molar-refractivity contribution in [3.63, 3.8) is 0 Å². The summed E-state index contributed by atoms with van der Waals surface area (Å²) < 4.78 is 10.7. The topological polar surface area (TPSA) is 75.2 Å². The predicted molar refractivity (Wildman–Crippen MR) is 105 cm³/mol. The molecule has 0 spiro atoms. The van der Waals surface area contributed by atoms with E-state index in [-0.39, 0.29) is 5.91 Å². The molecule has 0 saturated carbocycles. The predicted octanol–water partition coefficient (Wildman–Crippen LogP) is 1.87. The van der Waals surface area contributed by atoms with Crippen LogP contribution in [0.1, 0.15) is 26.3 Å². The smallest absolute Gasteiger partial charge is 0.227 e. The monoisotopic (exact) mass is 364 g/mol. The summed E-state index contributed by atoms with van der Waals surface area (Å²) >= 11 is 0. The molecule has 0 fully saturated rings. The van der Waals surface area contributed by atoms with Crippen LogP contribution in [-0.2, 0) is 11.3 Å². The molecule has 0 radical (unpaired) electrons. The van der Waals surface area contributed by atoms with Gasteiger partial charge in [-0.3, -0.25) is 9.79 Å². The lowest BCUT2D eigenvalue weighted by atomic mass is 9.92. The highest BCUT2D eigenvalue weighted by Gasteiger charge is 2.27. The van der Waals surface area contributed by atoms with Gasteiger partial charge in [0.25, 0.3) is 0 Å². The third-order valence-electron chi connectivity index (χ3n) is 4.12. The number of nitrogens with zero attached hydrogens (tertiary/aromatic N) is 2. The van der Waals surface area contributed by atoms with E-state index in [1.165, 1.54) is 0 Å². The van der Waals surface area contributed by atoms with Gasteiger partial charge in [0.1, 0.15) is 11.5 Å². The van der Waals surface area contributed by atoms with Gasteiger partial charge in [-0.2, -0.15) is 0 Å². The lowest BCUT2D eigenvalue weighted by Gasteiger charge is -2.28. The normalized spacial score (nSPS) is 11.7. The van der Waals surface area contributed by atoms with E-state index in [9.17, 15) is 4.79 Å². The largest absolute Gasteiger partial charge is 0.497 e. The number of aliphatic imine (C=N–C) groups is 1. The Morgan fingerprint density at radius 2 is 1.92 bits per heavy atom. The second kappa shape index (κ2) is 9.89. The van der Waals surface area contributed by atoms with Crippen LogP contribution in [-0.4, -0.2) is 58.2 Å². The Labute approximate surface area is 156 Å². The molecule has 7 heteroatoms. The number of carbonyl (C=O) groups excluding carboxylic acids is 1. The molecule has 26 heavy (non-hydrogen) atoms. The summed E-state index contributed by atoms with van der Waals surface area (Å²) in [6, 6.07) is 5.73. The molecule has 0 aliphatic rings. The molecule has 1 aromatic carbocycles. The molecule has 7 nitrogen and oxygen atoms in total. The van der Waals surface area contributed by atoms with Crippen LogP contribution >= 0.6 is 0 Å². The zero-order valence-corrected chi connectivity index (χ0v) is 17.0. The fraction of sp³-hybridized carbons (Fsp3) is 0.579. The van der Waals surface area contributed by atoms with E-state index in [1.807, 2.05) is 50.9 Å². The van der Waals surface area contributed by atoms with Crippen molar-refractivity contribution < 1.29 is 14.3 Å². The molecule has 1 rings (SSSR count). The Balaban J connectivity index is 2.78. The maximum atomic E-state index is 12.1. The highest BCUT2D eigenvalue weighted by Crippen LogP contribution is 2.25. The van der Waals surface area contributed by atoms with E-state index in [1.54, 1.807) is 21.3 Å². The van der Waals surface area contributed by atoms with E-state index in [0.29, 0.717) is 25.6 Å². The quantitative estimate of drug-likeness (QED) is 0.544. The fourth-order valence-corrected chi connectivity index (χ4v) is 2.48. The first kappa shape index (κ1) is 21.6. The Kier molecular flexibility index (Phi) is 8.22. The molecule has 1 amide bonds. The van der Waals surface area contributed by atoms with Crippen molar-refractivity contribution in [1.29, 1.82) is 0 Å². The Hall–Kier alpha value is -2.44. The minimum absolute atomic E-state index is 0.0161. The van der Waals surface area contributed by atoms with E-state index >= 15 is 0 Å². The molecular formula is C19H32N4O3. The van der Waals surface area contributed by atoms with Crippen molar-refractivity contribution in [1.82, 2.24) is 15.5 Å². The highest BCUT2D eigenvalue weighted by molar-refractivity contribution is 5.84. The Bertz CT molecular complexity index is 629. The second-order valence-corrected chi connectivity index (χ2v) is 6.68.